The molecule has 0 aliphatic carbocycles. The number of hydrogen-bond acceptors (Lipinski definition) is 1. The third-order valence-electron chi connectivity index (χ3n) is 3.63. The molecule has 0 fully saturated rings. The van der Waals surface area contributed by atoms with Gasteiger partial charge in [0.1, 0.15) is 0 Å². The first-order chi connectivity index (χ1) is 9.50. The van der Waals surface area contributed by atoms with Crippen molar-refractivity contribution in [2.75, 3.05) is 7.05 Å². The van der Waals surface area contributed by atoms with E-state index >= 15 is 0 Å². The Morgan fingerprint density at radius 3 is 2.30 bits per heavy atom. The number of carbonyl (C=O) groups is 1. The molecule has 104 valence electrons. The van der Waals surface area contributed by atoms with Crippen molar-refractivity contribution in [1.82, 2.24) is 4.90 Å². The van der Waals surface area contributed by atoms with Crippen molar-refractivity contribution in [2.45, 2.75) is 19.9 Å². The van der Waals surface area contributed by atoms with E-state index in [1.165, 1.54) is 0 Å². The van der Waals surface area contributed by atoms with Crippen molar-refractivity contribution in [3.05, 3.63) is 70.2 Å². The molecule has 2 nitrogen and oxygen atoms in total. The molecule has 1 amide bonds. The lowest BCUT2D eigenvalue weighted by Gasteiger charge is -2.26. The number of nitrogens with zero attached hydrogens (tertiary/aromatic N) is 1. The highest BCUT2D eigenvalue weighted by atomic mass is 35.5. The highest BCUT2D eigenvalue weighted by Crippen LogP contribution is 2.23. The van der Waals surface area contributed by atoms with Gasteiger partial charge in [0.15, 0.2) is 0 Å². The van der Waals surface area contributed by atoms with Gasteiger partial charge >= 0.3 is 0 Å². The van der Waals surface area contributed by atoms with E-state index in [-0.39, 0.29) is 11.9 Å². The minimum atomic E-state index is -0.000581. The van der Waals surface area contributed by atoms with E-state index in [9.17, 15) is 4.79 Å². The largest absolute Gasteiger partial charge is 0.335 e. The van der Waals surface area contributed by atoms with Crippen LogP contribution >= 0.6 is 11.6 Å². The first kappa shape index (κ1) is 14.6. The quantitative estimate of drug-likeness (QED) is 0.815. The Kier molecular flexibility index (Phi) is 4.46. The Morgan fingerprint density at radius 1 is 1.10 bits per heavy atom. The molecule has 0 saturated carbocycles. The maximum atomic E-state index is 12.5. The number of rotatable bonds is 3. The Morgan fingerprint density at radius 2 is 1.70 bits per heavy atom. The minimum absolute atomic E-state index is 0.000581. The number of amides is 1. The van der Waals surface area contributed by atoms with Crippen molar-refractivity contribution in [2.24, 2.45) is 0 Å². The van der Waals surface area contributed by atoms with Gasteiger partial charge in [0.25, 0.3) is 5.91 Å². The molecule has 0 spiro atoms. The molecule has 0 aliphatic rings. The molecule has 2 aromatic carbocycles. The standard InChI is InChI=1S/C17H18ClNO/c1-12-6-4-5-7-16(12)17(20)19(3)13(2)14-8-10-15(18)11-9-14/h4-11,13H,1-3H3. The number of aryl methyl sites for hydroxylation is 1. The lowest BCUT2D eigenvalue weighted by Crippen LogP contribution is -2.30. The van der Waals surface area contributed by atoms with E-state index in [1.807, 2.05) is 69.4 Å². The number of hydrogen-bond donors (Lipinski definition) is 0. The number of halogens is 1. The van der Waals surface area contributed by atoms with Gasteiger partial charge in [0.05, 0.1) is 6.04 Å². The molecule has 0 bridgehead atoms. The van der Waals surface area contributed by atoms with Crippen molar-refractivity contribution in [3.63, 3.8) is 0 Å². The Hall–Kier alpha value is -1.80. The summed E-state index contributed by atoms with van der Waals surface area (Å²) in [5, 5.41) is 0.703. The summed E-state index contributed by atoms with van der Waals surface area (Å²) < 4.78 is 0. The normalized spacial score (nSPS) is 12.0. The highest BCUT2D eigenvalue weighted by molar-refractivity contribution is 6.30. The van der Waals surface area contributed by atoms with Gasteiger partial charge in [0.2, 0.25) is 0 Å². The van der Waals surface area contributed by atoms with Gasteiger partial charge in [-0.3, -0.25) is 4.79 Å². The summed E-state index contributed by atoms with van der Waals surface area (Å²) in [5.41, 5.74) is 2.81. The van der Waals surface area contributed by atoms with Gasteiger partial charge in [-0.05, 0) is 43.2 Å². The van der Waals surface area contributed by atoms with Crippen molar-refractivity contribution in [1.29, 1.82) is 0 Å². The number of carbonyl (C=O) groups excluding carboxylic acids is 1. The summed E-state index contributed by atoms with van der Waals surface area (Å²) >= 11 is 5.89. The van der Waals surface area contributed by atoms with E-state index in [4.69, 9.17) is 11.6 Å². The molecule has 0 radical (unpaired) electrons. The molecular weight excluding hydrogens is 270 g/mol. The summed E-state index contributed by atoms with van der Waals surface area (Å²) in [6.07, 6.45) is 0. The SMILES string of the molecule is Cc1ccccc1C(=O)N(C)C(C)c1ccc(Cl)cc1. The van der Waals surface area contributed by atoms with Crippen LogP contribution in [0.25, 0.3) is 0 Å². The zero-order valence-corrected chi connectivity index (χ0v) is 12.7. The van der Waals surface area contributed by atoms with Crippen molar-refractivity contribution >= 4 is 17.5 Å². The monoisotopic (exact) mass is 287 g/mol. The molecule has 0 saturated heterocycles. The fourth-order valence-corrected chi connectivity index (χ4v) is 2.27. The smallest absolute Gasteiger partial charge is 0.254 e. The third-order valence-corrected chi connectivity index (χ3v) is 3.88. The Bertz CT molecular complexity index is 607. The average molecular weight is 288 g/mol. The van der Waals surface area contributed by atoms with Crippen LogP contribution in [-0.2, 0) is 0 Å². The van der Waals surface area contributed by atoms with Crippen LogP contribution < -0.4 is 0 Å². The van der Waals surface area contributed by atoms with Crippen LogP contribution in [0.2, 0.25) is 5.02 Å². The Balaban J connectivity index is 2.22. The zero-order valence-electron chi connectivity index (χ0n) is 11.9. The van der Waals surface area contributed by atoms with Crippen molar-refractivity contribution < 1.29 is 4.79 Å². The zero-order chi connectivity index (χ0) is 14.7. The molecular formula is C17H18ClNO. The lowest BCUT2D eigenvalue weighted by atomic mass is 10.0. The Labute approximate surface area is 125 Å². The summed E-state index contributed by atoms with van der Waals surface area (Å²) in [7, 11) is 1.83. The highest BCUT2D eigenvalue weighted by Gasteiger charge is 2.19. The maximum Gasteiger partial charge on any atom is 0.254 e. The van der Waals surface area contributed by atoms with E-state index < -0.39 is 0 Å². The average Bonchev–Trinajstić information content (AvgIpc) is 2.46. The van der Waals surface area contributed by atoms with Crippen LogP contribution in [0.5, 0.6) is 0 Å². The summed E-state index contributed by atoms with van der Waals surface area (Å²) in [5.74, 6) is 0.0329. The second-order valence-corrected chi connectivity index (χ2v) is 5.39. The van der Waals surface area contributed by atoms with Gasteiger partial charge in [-0.2, -0.15) is 0 Å². The minimum Gasteiger partial charge on any atom is -0.335 e. The number of benzene rings is 2. The molecule has 0 aliphatic heterocycles. The fraction of sp³-hybridized carbons (Fsp3) is 0.235. The molecule has 2 rings (SSSR count). The second kappa shape index (κ2) is 6.10. The van der Waals surface area contributed by atoms with Crippen LogP contribution in [-0.4, -0.2) is 17.9 Å². The molecule has 3 heteroatoms. The predicted molar refractivity (Wildman–Crippen MR) is 83.1 cm³/mol. The van der Waals surface area contributed by atoms with E-state index in [1.54, 1.807) is 4.90 Å². The second-order valence-electron chi connectivity index (χ2n) is 4.96. The van der Waals surface area contributed by atoms with E-state index in [0.29, 0.717) is 5.02 Å². The van der Waals surface area contributed by atoms with Gasteiger partial charge in [-0.15, -0.1) is 0 Å². The fourth-order valence-electron chi connectivity index (χ4n) is 2.14. The third kappa shape index (κ3) is 3.02. The molecule has 1 unspecified atom stereocenters. The summed E-state index contributed by atoms with van der Waals surface area (Å²) in [6, 6.07) is 15.2. The van der Waals surface area contributed by atoms with E-state index in [0.717, 1.165) is 16.7 Å². The van der Waals surface area contributed by atoms with Crippen LogP contribution in [0, 0.1) is 6.92 Å². The van der Waals surface area contributed by atoms with Crippen molar-refractivity contribution in [3.8, 4) is 0 Å². The van der Waals surface area contributed by atoms with E-state index in [2.05, 4.69) is 0 Å². The molecule has 0 heterocycles. The summed E-state index contributed by atoms with van der Waals surface area (Å²) in [6.45, 7) is 3.97. The summed E-state index contributed by atoms with van der Waals surface area (Å²) in [4.78, 5) is 14.3. The molecule has 20 heavy (non-hydrogen) atoms. The predicted octanol–water partition coefficient (Wildman–Crippen LogP) is 4.48. The first-order valence-corrected chi connectivity index (χ1v) is 6.96. The van der Waals surface area contributed by atoms with Gasteiger partial charge in [0, 0.05) is 17.6 Å². The molecule has 2 aromatic rings. The van der Waals surface area contributed by atoms with Crippen LogP contribution in [0.4, 0.5) is 0 Å². The van der Waals surface area contributed by atoms with Gasteiger partial charge in [-0.25, -0.2) is 0 Å². The molecule has 1 atom stereocenters. The van der Waals surface area contributed by atoms with Crippen LogP contribution in [0.1, 0.15) is 34.5 Å². The van der Waals surface area contributed by atoms with Crippen LogP contribution in [0.15, 0.2) is 48.5 Å². The van der Waals surface area contributed by atoms with Gasteiger partial charge < -0.3 is 4.90 Å². The van der Waals surface area contributed by atoms with Crippen LogP contribution in [0.3, 0.4) is 0 Å². The molecule has 0 aromatic heterocycles. The molecule has 0 N–H and O–H groups in total. The lowest BCUT2D eigenvalue weighted by molar-refractivity contribution is 0.0742. The topological polar surface area (TPSA) is 20.3 Å². The first-order valence-electron chi connectivity index (χ1n) is 6.59. The van der Waals surface area contributed by atoms with Gasteiger partial charge in [-0.1, -0.05) is 41.9 Å². The maximum absolute atomic E-state index is 12.5.